The van der Waals surface area contributed by atoms with Crippen molar-refractivity contribution >= 4 is 24.2 Å². The number of allylic oxidation sites excluding steroid dienone is 3. The van der Waals surface area contributed by atoms with Crippen molar-refractivity contribution in [2.45, 2.75) is 77.6 Å². The first-order chi connectivity index (χ1) is 18.4. The van der Waals surface area contributed by atoms with E-state index < -0.39 is 0 Å². The van der Waals surface area contributed by atoms with E-state index in [1.807, 2.05) is 6.07 Å². The number of unbranched alkanes of at least 4 members (excludes halogenated alkanes) is 1. The van der Waals surface area contributed by atoms with Crippen molar-refractivity contribution in [3.8, 4) is 0 Å². The van der Waals surface area contributed by atoms with E-state index in [2.05, 4.69) is 46.3 Å². The van der Waals surface area contributed by atoms with Gasteiger partial charge in [0.25, 0.3) is 0 Å². The van der Waals surface area contributed by atoms with E-state index in [0.717, 1.165) is 94.4 Å². The Bertz CT molecular complexity index is 993. The first kappa shape index (κ1) is 30.1. The van der Waals surface area contributed by atoms with Gasteiger partial charge in [-0.3, -0.25) is 9.98 Å². The predicted octanol–water partition coefficient (Wildman–Crippen LogP) is 7.84. The number of aliphatic imine (C=N–C) groups is 2. The van der Waals surface area contributed by atoms with Gasteiger partial charge in [0.2, 0.25) is 0 Å². The molecule has 2 heterocycles. The zero-order valence-electron chi connectivity index (χ0n) is 23.2. The first-order valence-electron chi connectivity index (χ1n) is 14.4. The number of nitrogens with zero attached hydrogens (tertiary/aromatic N) is 3. The second-order valence-electron chi connectivity index (χ2n) is 10.9. The van der Waals surface area contributed by atoms with E-state index in [1.54, 1.807) is 24.8 Å². The minimum absolute atomic E-state index is 0.104. The second-order valence-corrected chi connectivity index (χ2v) is 11.4. The van der Waals surface area contributed by atoms with Crippen LogP contribution < -0.4 is 5.32 Å². The topological polar surface area (TPSA) is 40.0 Å². The summed E-state index contributed by atoms with van der Waals surface area (Å²) in [6.45, 7) is 14.3. The summed E-state index contributed by atoms with van der Waals surface area (Å²) in [5.41, 5.74) is 4.22. The van der Waals surface area contributed by atoms with Crippen molar-refractivity contribution < 1.29 is 4.39 Å². The molecule has 1 atom stereocenters. The van der Waals surface area contributed by atoms with Crippen LogP contribution in [0.3, 0.4) is 0 Å². The number of hydrogen-bond acceptors (Lipinski definition) is 4. The third-order valence-corrected chi connectivity index (χ3v) is 7.90. The normalized spacial score (nSPS) is 20.0. The number of hydrogen-bond donors (Lipinski definition) is 1. The highest BCUT2D eigenvalue weighted by Crippen LogP contribution is 2.28. The minimum Gasteiger partial charge on any atom is -0.374 e. The molecule has 2 aliphatic heterocycles. The Morgan fingerprint density at radius 1 is 1.08 bits per heavy atom. The quantitative estimate of drug-likeness (QED) is 0.204. The van der Waals surface area contributed by atoms with Gasteiger partial charge in [-0.05, 0) is 74.0 Å². The monoisotopic (exact) mass is 540 g/mol. The van der Waals surface area contributed by atoms with Crippen LogP contribution in [0, 0.1) is 17.7 Å². The van der Waals surface area contributed by atoms with Crippen molar-refractivity contribution in [3.05, 3.63) is 70.8 Å². The van der Waals surface area contributed by atoms with E-state index in [1.165, 1.54) is 18.4 Å². The van der Waals surface area contributed by atoms with Gasteiger partial charge in [-0.1, -0.05) is 68.7 Å². The summed E-state index contributed by atoms with van der Waals surface area (Å²) in [4.78, 5) is 11.1. The Kier molecular flexibility index (Phi) is 13.1. The van der Waals surface area contributed by atoms with Crippen LogP contribution in [0.25, 0.3) is 0 Å². The summed E-state index contributed by atoms with van der Waals surface area (Å²) in [7, 11) is 0. The van der Waals surface area contributed by atoms with Gasteiger partial charge in [0, 0.05) is 50.7 Å². The van der Waals surface area contributed by atoms with Gasteiger partial charge in [0.05, 0.1) is 11.4 Å². The standard InChI is InChI=1S/C32H46ClFN4/c1-4-7-25(2)10-11-29-22-38(23-29)26(3)18-30-13-12-28(19-32(30)34)9-6-5-8-27-14-16-35-20-31(33)21-37-24-36-17-15-27/h12-13,19-21,24,27,29H,2-11,14-18,22-23H2,1H3,(H,36,37)/b31-21+,35-20?. The molecular formula is C32H46ClFN4. The van der Waals surface area contributed by atoms with Crippen molar-refractivity contribution in [1.29, 1.82) is 0 Å². The lowest BCUT2D eigenvalue weighted by atomic mass is 9.90. The van der Waals surface area contributed by atoms with Crippen LogP contribution in [-0.2, 0) is 12.8 Å². The van der Waals surface area contributed by atoms with Crippen LogP contribution in [-0.4, -0.2) is 43.6 Å². The van der Waals surface area contributed by atoms with Crippen molar-refractivity contribution in [1.82, 2.24) is 10.2 Å². The molecule has 6 heteroatoms. The summed E-state index contributed by atoms with van der Waals surface area (Å²) in [5, 5.41) is 3.54. The highest BCUT2D eigenvalue weighted by Gasteiger charge is 2.27. The lowest BCUT2D eigenvalue weighted by molar-refractivity contribution is 0.132. The van der Waals surface area contributed by atoms with Crippen LogP contribution in [0.2, 0.25) is 0 Å². The van der Waals surface area contributed by atoms with Gasteiger partial charge in [-0.25, -0.2) is 4.39 Å². The zero-order chi connectivity index (χ0) is 27.2. The molecule has 38 heavy (non-hydrogen) atoms. The highest BCUT2D eigenvalue weighted by molar-refractivity contribution is 6.39. The molecule has 1 aromatic carbocycles. The molecule has 208 valence electrons. The van der Waals surface area contributed by atoms with E-state index in [-0.39, 0.29) is 5.82 Å². The fourth-order valence-corrected chi connectivity index (χ4v) is 5.38. The molecule has 1 aromatic rings. The molecule has 4 nitrogen and oxygen atoms in total. The van der Waals surface area contributed by atoms with E-state index >= 15 is 0 Å². The summed E-state index contributed by atoms with van der Waals surface area (Å²) in [6.07, 6.45) is 16.6. The van der Waals surface area contributed by atoms with Gasteiger partial charge in [-0.2, -0.15) is 0 Å². The van der Waals surface area contributed by atoms with E-state index in [0.29, 0.717) is 23.3 Å². The molecule has 0 bridgehead atoms. The molecule has 0 spiro atoms. The summed E-state index contributed by atoms with van der Waals surface area (Å²) < 4.78 is 14.9. The van der Waals surface area contributed by atoms with Crippen LogP contribution in [0.5, 0.6) is 0 Å². The fourth-order valence-electron chi connectivity index (χ4n) is 5.25. The largest absolute Gasteiger partial charge is 0.374 e. The lowest BCUT2D eigenvalue weighted by Gasteiger charge is -2.42. The molecule has 0 radical (unpaired) electrons. The maximum Gasteiger partial charge on any atom is 0.127 e. The zero-order valence-corrected chi connectivity index (χ0v) is 24.0. The average Bonchev–Trinajstić information content (AvgIpc) is 2.85. The van der Waals surface area contributed by atoms with Crippen molar-refractivity contribution in [2.75, 3.05) is 26.2 Å². The molecule has 0 saturated carbocycles. The molecule has 2 aliphatic rings. The number of aryl methyl sites for hydroxylation is 1. The molecule has 1 saturated heterocycles. The summed E-state index contributed by atoms with van der Waals surface area (Å²) in [5.74, 6) is 1.20. The Morgan fingerprint density at radius 3 is 2.63 bits per heavy atom. The molecule has 1 unspecified atom stereocenters. The third-order valence-electron chi connectivity index (χ3n) is 7.69. The number of nitrogens with one attached hydrogen (secondary N) is 1. The predicted molar refractivity (Wildman–Crippen MR) is 162 cm³/mol. The van der Waals surface area contributed by atoms with E-state index in [4.69, 9.17) is 11.6 Å². The molecule has 0 amide bonds. The smallest absolute Gasteiger partial charge is 0.127 e. The number of benzene rings is 1. The second kappa shape index (κ2) is 16.5. The van der Waals surface area contributed by atoms with Crippen LogP contribution >= 0.6 is 11.6 Å². The Balaban J connectivity index is 1.36. The van der Waals surface area contributed by atoms with Gasteiger partial charge >= 0.3 is 0 Å². The maximum atomic E-state index is 14.9. The molecule has 1 N–H and O–H groups in total. The Labute approximate surface area is 234 Å². The lowest BCUT2D eigenvalue weighted by Crippen LogP contribution is -2.45. The van der Waals surface area contributed by atoms with Gasteiger partial charge < -0.3 is 10.2 Å². The van der Waals surface area contributed by atoms with Crippen LogP contribution in [0.1, 0.15) is 75.8 Å². The Hall–Kier alpha value is -2.40. The maximum absolute atomic E-state index is 14.9. The molecule has 0 aliphatic carbocycles. The van der Waals surface area contributed by atoms with Crippen LogP contribution in [0.15, 0.2) is 63.8 Å². The fraction of sp³-hybridized carbons (Fsp3) is 0.562. The summed E-state index contributed by atoms with van der Waals surface area (Å²) >= 11 is 6.06. The van der Waals surface area contributed by atoms with E-state index in [9.17, 15) is 4.39 Å². The van der Waals surface area contributed by atoms with Gasteiger partial charge in [0.1, 0.15) is 5.82 Å². The number of halogens is 2. The first-order valence-corrected chi connectivity index (χ1v) is 14.8. The Morgan fingerprint density at radius 2 is 1.87 bits per heavy atom. The van der Waals surface area contributed by atoms with Gasteiger partial charge in [0.15, 0.2) is 0 Å². The summed E-state index contributed by atoms with van der Waals surface area (Å²) in [6, 6.07) is 5.77. The number of rotatable bonds is 13. The van der Waals surface area contributed by atoms with Crippen molar-refractivity contribution in [2.24, 2.45) is 21.8 Å². The molecular weight excluding hydrogens is 495 g/mol. The van der Waals surface area contributed by atoms with Gasteiger partial charge in [-0.15, -0.1) is 0 Å². The third kappa shape index (κ3) is 10.8. The molecule has 0 aromatic heterocycles. The van der Waals surface area contributed by atoms with Crippen LogP contribution in [0.4, 0.5) is 4.39 Å². The SMILES string of the molecule is C=C(CCC)CCC1CN(C(=C)Cc2ccc(CCCCC3CCN=CN/C=C(/Cl)C=NCC3)cc2F)C1. The molecule has 1 fully saturated rings. The average molecular weight is 541 g/mol. The van der Waals surface area contributed by atoms with Crippen molar-refractivity contribution in [3.63, 3.8) is 0 Å². The molecule has 3 rings (SSSR count). The highest BCUT2D eigenvalue weighted by atomic mass is 35.5. The minimum atomic E-state index is -0.104. The number of likely N-dealkylation sites (tertiary alicyclic amines) is 1.